The lowest BCUT2D eigenvalue weighted by Crippen LogP contribution is -2.39. The fraction of sp³-hybridized carbons (Fsp3) is 0.600. The highest BCUT2D eigenvalue weighted by Gasteiger charge is 2.18. The van der Waals surface area contributed by atoms with E-state index in [1.165, 1.54) is 4.31 Å². The predicted octanol–water partition coefficient (Wildman–Crippen LogP) is 2.40. The fourth-order valence-corrected chi connectivity index (χ4v) is 3.01. The molecule has 0 amide bonds. The van der Waals surface area contributed by atoms with Crippen molar-refractivity contribution in [2.45, 2.75) is 33.2 Å². The Bertz CT molecular complexity index is 527. The van der Waals surface area contributed by atoms with Crippen LogP contribution in [-0.2, 0) is 16.8 Å². The fourth-order valence-electron chi connectivity index (χ4n) is 2.02. The summed E-state index contributed by atoms with van der Waals surface area (Å²) in [6.07, 6.45) is 1.94. The molecule has 0 aliphatic heterocycles. The molecule has 0 aromatic heterocycles. The Kier molecular flexibility index (Phi) is 7.14. The molecular formula is C15H26N2O3S. The van der Waals surface area contributed by atoms with Crippen LogP contribution in [0.25, 0.3) is 0 Å². The summed E-state index contributed by atoms with van der Waals surface area (Å²) >= 11 is 0. The van der Waals surface area contributed by atoms with E-state index in [2.05, 4.69) is 18.6 Å². The maximum Gasteiger partial charge on any atom is 0.279 e. The molecule has 1 N–H and O–H groups in total. The highest BCUT2D eigenvalue weighted by Crippen LogP contribution is 2.15. The van der Waals surface area contributed by atoms with Gasteiger partial charge >= 0.3 is 0 Å². The first-order valence-corrected chi connectivity index (χ1v) is 8.70. The zero-order valence-corrected chi connectivity index (χ0v) is 14.1. The summed E-state index contributed by atoms with van der Waals surface area (Å²) in [6.45, 7) is 4.94. The third-order valence-corrected chi connectivity index (χ3v) is 5.14. The molecule has 0 saturated heterocycles. The molecule has 0 aliphatic rings. The quantitative estimate of drug-likeness (QED) is 0.761. The van der Waals surface area contributed by atoms with Crippen molar-refractivity contribution in [3.63, 3.8) is 0 Å². The zero-order valence-electron chi connectivity index (χ0n) is 13.3. The van der Waals surface area contributed by atoms with Crippen LogP contribution >= 0.6 is 0 Å². The minimum Gasteiger partial charge on any atom is -0.497 e. The molecule has 21 heavy (non-hydrogen) atoms. The number of ether oxygens (including phenoxy) is 1. The standard InChI is InChI=1S/C15H26N2O3S/c1-5-13(6-2)11-16-21(18,19)17(3)12-14-8-7-9-15(10-14)20-4/h7-10,13,16H,5-6,11-12H2,1-4H3. The van der Waals surface area contributed by atoms with Gasteiger partial charge in [-0.1, -0.05) is 38.8 Å². The minimum absolute atomic E-state index is 0.315. The van der Waals surface area contributed by atoms with Gasteiger partial charge in [0.25, 0.3) is 10.2 Å². The van der Waals surface area contributed by atoms with Crippen molar-refractivity contribution < 1.29 is 13.2 Å². The van der Waals surface area contributed by atoms with E-state index in [0.717, 1.165) is 24.2 Å². The Labute approximate surface area is 128 Å². The molecule has 0 spiro atoms. The molecular weight excluding hydrogens is 288 g/mol. The van der Waals surface area contributed by atoms with Crippen LogP contribution in [0.15, 0.2) is 24.3 Å². The second-order valence-corrected chi connectivity index (χ2v) is 7.01. The molecule has 0 heterocycles. The molecule has 0 atom stereocenters. The number of methoxy groups -OCH3 is 1. The van der Waals surface area contributed by atoms with Crippen LogP contribution in [0.1, 0.15) is 32.3 Å². The van der Waals surface area contributed by atoms with Gasteiger partial charge in [-0.25, -0.2) is 4.72 Å². The van der Waals surface area contributed by atoms with Crippen molar-refractivity contribution in [2.75, 3.05) is 20.7 Å². The summed E-state index contributed by atoms with van der Waals surface area (Å²) in [5, 5.41) is 0. The van der Waals surface area contributed by atoms with E-state index in [0.29, 0.717) is 19.0 Å². The molecule has 0 aliphatic carbocycles. The second kappa shape index (κ2) is 8.36. The van der Waals surface area contributed by atoms with Crippen molar-refractivity contribution in [2.24, 2.45) is 5.92 Å². The van der Waals surface area contributed by atoms with E-state index in [9.17, 15) is 8.42 Å². The number of hydrogen-bond donors (Lipinski definition) is 1. The number of benzene rings is 1. The summed E-state index contributed by atoms with van der Waals surface area (Å²) in [5.41, 5.74) is 0.893. The molecule has 120 valence electrons. The van der Waals surface area contributed by atoms with Crippen LogP contribution < -0.4 is 9.46 Å². The Balaban J connectivity index is 2.65. The first-order chi connectivity index (χ1) is 9.92. The molecule has 0 radical (unpaired) electrons. The Morgan fingerprint density at radius 1 is 1.29 bits per heavy atom. The monoisotopic (exact) mass is 314 g/mol. The predicted molar refractivity (Wildman–Crippen MR) is 85.5 cm³/mol. The number of hydrogen-bond acceptors (Lipinski definition) is 3. The van der Waals surface area contributed by atoms with E-state index >= 15 is 0 Å². The summed E-state index contributed by atoms with van der Waals surface area (Å²) < 4.78 is 33.6. The lowest BCUT2D eigenvalue weighted by atomic mass is 10.0. The average molecular weight is 314 g/mol. The van der Waals surface area contributed by atoms with Gasteiger partial charge in [0.05, 0.1) is 7.11 Å². The molecule has 6 heteroatoms. The first kappa shape index (κ1) is 17.9. The lowest BCUT2D eigenvalue weighted by Gasteiger charge is -2.20. The van der Waals surface area contributed by atoms with E-state index in [4.69, 9.17) is 4.74 Å². The van der Waals surface area contributed by atoms with Gasteiger partial charge in [0.1, 0.15) is 5.75 Å². The third kappa shape index (κ3) is 5.65. The number of nitrogens with one attached hydrogen (secondary N) is 1. The third-order valence-electron chi connectivity index (χ3n) is 3.66. The second-order valence-electron chi connectivity index (χ2n) is 5.14. The molecule has 0 bridgehead atoms. The summed E-state index contributed by atoms with van der Waals surface area (Å²) in [7, 11) is -0.279. The zero-order chi connectivity index (χ0) is 15.9. The number of nitrogens with zero attached hydrogens (tertiary/aromatic N) is 1. The largest absolute Gasteiger partial charge is 0.497 e. The molecule has 5 nitrogen and oxygen atoms in total. The van der Waals surface area contributed by atoms with Gasteiger partial charge in [-0.2, -0.15) is 12.7 Å². The van der Waals surface area contributed by atoms with Gasteiger partial charge in [0.2, 0.25) is 0 Å². The molecule has 0 unspecified atom stereocenters. The van der Waals surface area contributed by atoms with Crippen molar-refractivity contribution >= 4 is 10.2 Å². The van der Waals surface area contributed by atoms with Gasteiger partial charge < -0.3 is 4.74 Å². The van der Waals surface area contributed by atoms with E-state index in [-0.39, 0.29) is 0 Å². The van der Waals surface area contributed by atoms with Crippen molar-refractivity contribution in [3.8, 4) is 5.75 Å². The van der Waals surface area contributed by atoms with Crippen LogP contribution in [0.4, 0.5) is 0 Å². The van der Waals surface area contributed by atoms with Crippen LogP contribution in [0, 0.1) is 5.92 Å². The van der Waals surface area contributed by atoms with E-state index in [1.807, 2.05) is 24.3 Å². The van der Waals surface area contributed by atoms with Gasteiger partial charge in [-0.15, -0.1) is 0 Å². The van der Waals surface area contributed by atoms with Crippen molar-refractivity contribution in [1.82, 2.24) is 9.03 Å². The van der Waals surface area contributed by atoms with Gasteiger partial charge in [-0.05, 0) is 23.6 Å². The molecule has 0 fully saturated rings. The van der Waals surface area contributed by atoms with Crippen LogP contribution in [0.3, 0.4) is 0 Å². The Morgan fingerprint density at radius 2 is 1.95 bits per heavy atom. The SMILES string of the molecule is CCC(CC)CNS(=O)(=O)N(C)Cc1cccc(OC)c1. The summed E-state index contributed by atoms with van der Waals surface area (Å²) in [5.74, 6) is 1.10. The summed E-state index contributed by atoms with van der Waals surface area (Å²) in [6, 6.07) is 7.41. The maximum absolute atomic E-state index is 12.2. The normalized spacial score (nSPS) is 12.1. The van der Waals surface area contributed by atoms with Crippen molar-refractivity contribution in [1.29, 1.82) is 0 Å². The highest BCUT2D eigenvalue weighted by atomic mass is 32.2. The maximum atomic E-state index is 12.2. The molecule has 1 rings (SSSR count). The summed E-state index contributed by atoms with van der Waals surface area (Å²) in [4.78, 5) is 0. The molecule has 1 aromatic rings. The van der Waals surface area contributed by atoms with E-state index in [1.54, 1.807) is 14.2 Å². The molecule has 1 aromatic carbocycles. The van der Waals surface area contributed by atoms with Gasteiger partial charge in [0.15, 0.2) is 0 Å². The lowest BCUT2D eigenvalue weighted by molar-refractivity contribution is 0.411. The smallest absolute Gasteiger partial charge is 0.279 e. The van der Waals surface area contributed by atoms with Crippen LogP contribution in [-0.4, -0.2) is 33.4 Å². The van der Waals surface area contributed by atoms with Gasteiger partial charge in [-0.3, -0.25) is 0 Å². The minimum atomic E-state index is -3.45. The number of rotatable bonds is 9. The van der Waals surface area contributed by atoms with Crippen molar-refractivity contribution in [3.05, 3.63) is 29.8 Å². The average Bonchev–Trinajstić information content (AvgIpc) is 2.48. The molecule has 0 saturated carbocycles. The Hall–Kier alpha value is -1.11. The van der Waals surface area contributed by atoms with E-state index < -0.39 is 10.2 Å². The topological polar surface area (TPSA) is 58.6 Å². The first-order valence-electron chi connectivity index (χ1n) is 7.26. The van der Waals surface area contributed by atoms with Crippen LogP contribution in [0.5, 0.6) is 5.75 Å². The Morgan fingerprint density at radius 3 is 2.52 bits per heavy atom. The van der Waals surface area contributed by atoms with Gasteiger partial charge in [0, 0.05) is 20.1 Å². The van der Waals surface area contributed by atoms with Crippen LogP contribution in [0.2, 0.25) is 0 Å². The highest BCUT2D eigenvalue weighted by molar-refractivity contribution is 7.87.